The van der Waals surface area contributed by atoms with Crippen LogP contribution in [0.2, 0.25) is 0 Å². The molecule has 0 unspecified atom stereocenters. The first kappa shape index (κ1) is 15.5. The van der Waals surface area contributed by atoms with E-state index in [9.17, 15) is 4.79 Å². The Morgan fingerprint density at radius 2 is 2.00 bits per heavy atom. The number of carbonyl (C=O) groups excluding carboxylic acids is 1. The molecule has 0 fully saturated rings. The minimum atomic E-state index is -0.476. The molecule has 19 heavy (non-hydrogen) atoms. The summed E-state index contributed by atoms with van der Waals surface area (Å²) >= 11 is 0. The molecule has 106 valence electrons. The van der Waals surface area contributed by atoms with E-state index < -0.39 is 5.91 Å². The van der Waals surface area contributed by atoms with Crippen molar-refractivity contribution in [1.82, 2.24) is 5.32 Å². The number of hydrogen-bond acceptors (Lipinski definition) is 4. The maximum absolute atomic E-state index is 10.6. The topological polar surface area (TPSA) is 73.6 Å². The van der Waals surface area contributed by atoms with Crippen LogP contribution in [0.1, 0.15) is 19.4 Å². The summed E-state index contributed by atoms with van der Waals surface area (Å²) in [5.41, 5.74) is 6.15. The van der Waals surface area contributed by atoms with E-state index in [-0.39, 0.29) is 12.7 Å². The van der Waals surface area contributed by atoms with E-state index in [1.165, 1.54) is 0 Å². The van der Waals surface area contributed by atoms with Crippen LogP contribution in [0.15, 0.2) is 24.3 Å². The number of benzene rings is 1. The van der Waals surface area contributed by atoms with E-state index in [0.29, 0.717) is 12.4 Å². The quantitative estimate of drug-likeness (QED) is 0.656. The predicted octanol–water partition coefficient (Wildman–Crippen LogP) is 1.07. The monoisotopic (exact) mass is 266 g/mol. The maximum Gasteiger partial charge on any atom is 0.255 e. The minimum Gasteiger partial charge on any atom is -0.484 e. The van der Waals surface area contributed by atoms with Crippen LogP contribution in [0, 0.1) is 0 Å². The van der Waals surface area contributed by atoms with Gasteiger partial charge in [0.15, 0.2) is 6.61 Å². The number of hydrogen-bond donors (Lipinski definition) is 2. The normalized spacial score (nSPS) is 10.7. The van der Waals surface area contributed by atoms with Crippen LogP contribution in [-0.2, 0) is 16.1 Å². The van der Waals surface area contributed by atoms with Gasteiger partial charge in [0, 0.05) is 13.1 Å². The zero-order valence-corrected chi connectivity index (χ0v) is 11.5. The first-order valence-corrected chi connectivity index (χ1v) is 6.40. The van der Waals surface area contributed by atoms with Crippen molar-refractivity contribution in [2.45, 2.75) is 26.5 Å². The van der Waals surface area contributed by atoms with Gasteiger partial charge in [0.2, 0.25) is 0 Å². The van der Waals surface area contributed by atoms with Crippen LogP contribution in [0.25, 0.3) is 0 Å². The summed E-state index contributed by atoms with van der Waals surface area (Å²) in [5.74, 6) is 0.168. The molecule has 0 aliphatic heterocycles. The zero-order chi connectivity index (χ0) is 14.1. The number of nitrogens with one attached hydrogen (secondary N) is 1. The Labute approximate surface area is 114 Å². The molecule has 1 amide bonds. The molecular weight excluding hydrogens is 244 g/mol. The van der Waals surface area contributed by atoms with E-state index in [4.69, 9.17) is 15.2 Å². The van der Waals surface area contributed by atoms with E-state index >= 15 is 0 Å². The molecule has 0 atom stereocenters. The second-order valence-corrected chi connectivity index (χ2v) is 4.50. The van der Waals surface area contributed by atoms with Gasteiger partial charge in [-0.3, -0.25) is 4.79 Å². The molecular formula is C14H22N2O3. The smallest absolute Gasteiger partial charge is 0.255 e. The molecule has 5 nitrogen and oxygen atoms in total. The molecule has 0 aliphatic rings. The Morgan fingerprint density at radius 3 is 2.58 bits per heavy atom. The lowest BCUT2D eigenvalue weighted by atomic mass is 10.2. The summed E-state index contributed by atoms with van der Waals surface area (Å²) < 4.78 is 10.6. The lowest BCUT2D eigenvalue weighted by Gasteiger charge is -2.09. The van der Waals surface area contributed by atoms with E-state index in [2.05, 4.69) is 5.32 Å². The summed E-state index contributed by atoms with van der Waals surface area (Å²) in [6, 6.07) is 7.55. The third-order valence-electron chi connectivity index (χ3n) is 2.36. The van der Waals surface area contributed by atoms with Gasteiger partial charge in [0.1, 0.15) is 5.75 Å². The Balaban J connectivity index is 2.22. The van der Waals surface area contributed by atoms with Crippen molar-refractivity contribution in [2.75, 3.05) is 19.8 Å². The van der Waals surface area contributed by atoms with Gasteiger partial charge < -0.3 is 20.5 Å². The predicted molar refractivity (Wildman–Crippen MR) is 73.9 cm³/mol. The molecule has 0 aliphatic carbocycles. The van der Waals surface area contributed by atoms with Crippen LogP contribution < -0.4 is 15.8 Å². The van der Waals surface area contributed by atoms with Crippen LogP contribution >= 0.6 is 0 Å². The fourth-order valence-corrected chi connectivity index (χ4v) is 1.46. The van der Waals surface area contributed by atoms with E-state index in [1.807, 2.05) is 38.1 Å². The van der Waals surface area contributed by atoms with Crippen LogP contribution in [0.5, 0.6) is 5.75 Å². The number of primary amides is 1. The Kier molecular flexibility index (Phi) is 6.92. The number of nitrogens with two attached hydrogens (primary N) is 1. The van der Waals surface area contributed by atoms with Crippen molar-refractivity contribution < 1.29 is 14.3 Å². The summed E-state index contributed by atoms with van der Waals surface area (Å²) in [7, 11) is 0. The Bertz CT molecular complexity index is 377. The van der Waals surface area contributed by atoms with Crippen LogP contribution in [-0.4, -0.2) is 31.8 Å². The SMILES string of the molecule is CC(C)OCCNCc1ccc(OCC(N)=O)cc1. The molecule has 0 saturated carbocycles. The second kappa shape index (κ2) is 8.50. The largest absolute Gasteiger partial charge is 0.484 e. The number of carbonyl (C=O) groups is 1. The third kappa shape index (κ3) is 7.43. The summed E-state index contributed by atoms with van der Waals surface area (Å²) in [6.45, 7) is 6.24. The Morgan fingerprint density at radius 1 is 1.32 bits per heavy atom. The van der Waals surface area contributed by atoms with Crippen molar-refractivity contribution in [3.8, 4) is 5.75 Å². The van der Waals surface area contributed by atoms with E-state index in [0.717, 1.165) is 18.7 Å². The molecule has 0 radical (unpaired) electrons. The van der Waals surface area contributed by atoms with Crippen LogP contribution in [0.3, 0.4) is 0 Å². The maximum atomic E-state index is 10.6. The molecule has 0 saturated heterocycles. The Hall–Kier alpha value is -1.59. The lowest BCUT2D eigenvalue weighted by Crippen LogP contribution is -2.21. The molecule has 1 aromatic carbocycles. The fourth-order valence-electron chi connectivity index (χ4n) is 1.46. The van der Waals surface area contributed by atoms with Crippen molar-refractivity contribution in [3.05, 3.63) is 29.8 Å². The second-order valence-electron chi connectivity index (χ2n) is 4.50. The van der Waals surface area contributed by atoms with Gasteiger partial charge in [-0.15, -0.1) is 0 Å². The molecule has 0 bridgehead atoms. The first-order valence-electron chi connectivity index (χ1n) is 6.40. The molecule has 5 heteroatoms. The minimum absolute atomic E-state index is 0.0931. The fraction of sp³-hybridized carbons (Fsp3) is 0.500. The molecule has 1 rings (SSSR count). The van der Waals surface area contributed by atoms with E-state index in [1.54, 1.807) is 0 Å². The van der Waals surface area contributed by atoms with Crippen molar-refractivity contribution in [2.24, 2.45) is 5.73 Å². The van der Waals surface area contributed by atoms with Crippen molar-refractivity contribution in [1.29, 1.82) is 0 Å². The molecule has 0 heterocycles. The molecule has 3 N–H and O–H groups in total. The summed E-state index contributed by atoms with van der Waals surface area (Å²) in [4.78, 5) is 10.6. The highest BCUT2D eigenvalue weighted by molar-refractivity contribution is 5.75. The first-order chi connectivity index (χ1) is 9.08. The lowest BCUT2D eigenvalue weighted by molar-refractivity contribution is -0.119. The van der Waals surface area contributed by atoms with Gasteiger partial charge in [-0.25, -0.2) is 0 Å². The van der Waals surface area contributed by atoms with Crippen molar-refractivity contribution in [3.63, 3.8) is 0 Å². The summed E-state index contributed by atoms with van der Waals surface area (Å²) in [5, 5.41) is 3.29. The van der Waals surface area contributed by atoms with Gasteiger partial charge in [0.25, 0.3) is 5.91 Å². The van der Waals surface area contributed by atoms with Gasteiger partial charge in [-0.1, -0.05) is 12.1 Å². The molecule has 0 aromatic heterocycles. The van der Waals surface area contributed by atoms with Gasteiger partial charge in [-0.05, 0) is 31.5 Å². The number of rotatable bonds is 9. The van der Waals surface area contributed by atoms with Gasteiger partial charge in [0.05, 0.1) is 12.7 Å². The average Bonchev–Trinajstić information content (AvgIpc) is 2.37. The highest BCUT2D eigenvalue weighted by Crippen LogP contribution is 2.11. The van der Waals surface area contributed by atoms with Crippen LogP contribution in [0.4, 0.5) is 0 Å². The zero-order valence-electron chi connectivity index (χ0n) is 11.5. The number of amides is 1. The third-order valence-corrected chi connectivity index (χ3v) is 2.36. The molecule has 1 aromatic rings. The highest BCUT2D eigenvalue weighted by Gasteiger charge is 1.98. The highest BCUT2D eigenvalue weighted by atomic mass is 16.5. The number of ether oxygens (including phenoxy) is 2. The molecule has 0 spiro atoms. The van der Waals surface area contributed by atoms with Gasteiger partial charge >= 0.3 is 0 Å². The summed E-state index contributed by atoms with van der Waals surface area (Å²) in [6.07, 6.45) is 0.267. The standard InChI is InChI=1S/C14H22N2O3/c1-11(2)18-8-7-16-9-12-3-5-13(6-4-12)19-10-14(15)17/h3-6,11,16H,7-10H2,1-2H3,(H2,15,17). The van der Waals surface area contributed by atoms with Gasteiger partial charge in [-0.2, -0.15) is 0 Å². The average molecular weight is 266 g/mol. The van der Waals surface area contributed by atoms with Crippen molar-refractivity contribution >= 4 is 5.91 Å².